The molecular formula is C23H40O3. The maximum Gasteiger partial charge on any atom is 0.305 e. The first-order valence-electron chi connectivity index (χ1n) is 10.5. The van der Waals surface area contributed by atoms with E-state index in [1.54, 1.807) is 0 Å². The number of aliphatic hydroxyl groups excluding tert-OH is 1. The quantitative estimate of drug-likeness (QED) is 0.177. The lowest BCUT2D eigenvalue weighted by Crippen LogP contribution is -2.05. The van der Waals surface area contributed by atoms with Crippen LogP contribution in [0.1, 0.15) is 90.4 Å². The van der Waals surface area contributed by atoms with Crippen molar-refractivity contribution in [3.63, 3.8) is 0 Å². The van der Waals surface area contributed by atoms with Gasteiger partial charge in [-0.3, -0.25) is 4.79 Å². The van der Waals surface area contributed by atoms with Gasteiger partial charge in [-0.15, -0.1) is 0 Å². The number of aliphatic hydroxyl groups is 1. The molecule has 3 nitrogen and oxygen atoms in total. The van der Waals surface area contributed by atoms with E-state index in [0.29, 0.717) is 13.0 Å². The maximum absolute atomic E-state index is 11.5. The van der Waals surface area contributed by atoms with Crippen molar-refractivity contribution in [1.82, 2.24) is 0 Å². The average molecular weight is 365 g/mol. The van der Waals surface area contributed by atoms with Crippen LogP contribution < -0.4 is 0 Å². The van der Waals surface area contributed by atoms with E-state index >= 15 is 0 Å². The minimum atomic E-state index is -0.0938. The predicted octanol–water partition coefficient (Wildman–Crippen LogP) is 6.28. The third-order valence-electron chi connectivity index (χ3n) is 4.09. The van der Waals surface area contributed by atoms with Gasteiger partial charge in [0.25, 0.3) is 0 Å². The summed E-state index contributed by atoms with van der Waals surface area (Å²) in [5, 5.41) is 8.66. The Kier molecular flexibility index (Phi) is 20.6. The molecule has 0 atom stereocenters. The van der Waals surface area contributed by atoms with E-state index in [2.05, 4.69) is 43.4 Å². The summed E-state index contributed by atoms with van der Waals surface area (Å²) in [7, 11) is 0. The van der Waals surface area contributed by atoms with Gasteiger partial charge >= 0.3 is 5.97 Å². The number of allylic oxidation sites excluding steroid dienone is 6. The summed E-state index contributed by atoms with van der Waals surface area (Å²) < 4.78 is 5.15. The van der Waals surface area contributed by atoms with Crippen LogP contribution in [0, 0.1) is 0 Å². The molecule has 0 amide bonds. The molecule has 0 aliphatic carbocycles. The van der Waals surface area contributed by atoms with Crippen molar-refractivity contribution in [2.45, 2.75) is 90.4 Å². The smallest absolute Gasteiger partial charge is 0.305 e. The molecule has 150 valence electrons. The number of unbranched alkanes of at least 4 members (excludes halogenated alkanes) is 7. The van der Waals surface area contributed by atoms with Gasteiger partial charge in [-0.2, -0.15) is 0 Å². The Morgan fingerprint density at radius 2 is 1.38 bits per heavy atom. The Bertz CT molecular complexity index is 383. The molecule has 0 aromatic heterocycles. The largest absolute Gasteiger partial charge is 0.466 e. The zero-order chi connectivity index (χ0) is 19.1. The van der Waals surface area contributed by atoms with E-state index in [0.717, 1.165) is 51.4 Å². The fourth-order valence-electron chi connectivity index (χ4n) is 2.47. The van der Waals surface area contributed by atoms with Crippen LogP contribution >= 0.6 is 0 Å². The molecule has 0 saturated heterocycles. The van der Waals surface area contributed by atoms with Crippen molar-refractivity contribution in [3.05, 3.63) is 36.5 Å². The van der Waals surface area contributed by atoms with E-state index in [-0.39, 0.29) is 12.6 Å². The Hall–Kier alpha value is -1.35. The molecule has 0 heterocycles. The Labute approximate surface area is 161 Å². The fraction of sp³-hybridized carbons (Fsp3) is 0.696. The summed E-state index contributed by atoms with van der Waals surface area (Å²) >= 11 is 0. The summed E-state index contributed by atoms with van der Waals surface area (Å²) in [6.07, 6.45) is 26.5. The summed E-state index contributed by atoms with van der Waals surface area (Å²) in [5.74, 6) is -0.0938. The molecule has 0 fully saturated rings. The molecule has 0 rings (SSSR count). The summed E-state index contributed by atoms with van der Waals surface area (Å²) in [6, 6.07) is 0. The van der Waals surface area contributed by atoms with Gasteiger partial charge in [-0.1, -0.05) is 56.2 Å². The van der Waals surface area contributed by atoms with Gasteiger partial charge in [-0.05, 0) is 64.2 Å². The number of carbonyl (C=O) groups is 1. The van der Waals surface area contributed by atoms with Crippen LogP contribution in [0.5, 0.6) is 0 Å². The minimum absolute atomic E-state index is 0.0938. The van der Waals surface area contributed by atoms with E-state index < -0.39 is 0 Å². The summed E-state index contributed by atoms with van der Waals surface area (Å²) in [6.45, 7) is 2.93. The number of esters is 1. The van der Waals surface area contributed by atoms with E-state index in [4.69, 9.17) is 9.84 Å². The lowest BCUT2D eigenvalue weighted by Gasteiger charge is -2.03. The third kappa shape index (κ3) is 20.7. The second-order valence-corrected chi connectivity index (χ2v) is 6.63. The second-order valence-electron chi connectivity index (χ2n) is 6.63. The molecular weight excluding hydrogens is 324 g/mol. The van der Waals surface area contributed by atoms with Gasteiger partial charge in [0.15, 0.2) is 0 Å². The number of rotatable bonds is 18. The van der Waals surface area contributed by atoms with Gasteiger partial charge in [0.05, 0.1) is 6.61 Å². The first-order valence-corrected chi connectivity index (χ1v) is 10.5. The lowest BCUT2D eigenvalue weighted by molar-refractivity contribution is -0.143. The molecule has 0 aliphatic rings. The fourth-order valence-corrected chi connectivity index (χ4v) is 2.47. The number of ether oxygens (including phenoxy) is 1. The van der Waals surface area contributed by atoms with Crippen LogP contribution in [0.2, 0.25) is 0 Å². The van der Waals surface area contributed by atoms with E-state index in [1.807, 2.05) is 0 Å². The Balaban J connectivity index is 3.37. The van der Waals surface area contributed by atoms with Crippen molar-refractivity contribution < 1.29 is 14.6 Å². The van der Waals surface area contributed by atoms with Gasteiger partial charge in [0.1, 0.15) is 0 Å². The molecule has 26 heavy (non-hydrogen) atoms. The topological polar surface area (TPSA) is 46.5 Å². The predicted molar refractivity (Wildman–Crippen MR) is 111 cm³/mol. The van der Waals surface area contributed by atoms with Crippen LogP contribution in [0.15, 0.2) is 36.5 Å². The van der Waals surface area contributed by atoms with Crippen molar-refractivity contribution in [3.8, 4) is 0 Å². The molecule has 0 aromatic carbocycles. The average Bonchev–Trinajstić information content (AvgIpc) is 2.64. The molecule has 0 aromatic rings. The summed E-state index contributed by atoms with van der Waals surface area (Å²) in [4.78, 5) is 11.5. The number of hydrogen-bond donors (Lipinski definition) is 1. The maximum atomic E-state index is 11.5. The van der Waals surface area contributed by atoms with Crippen LogP contribution in [0.3, 0.4) is 0 Å². The highest BCUT2D eigenvalue weighted by Crippen LogP contribution is 2.04. The molecule has 0 spiro atoms. The standard InChI is InChI=1S/C23H40O3/c1-2-3-4-5-6-7-8-9-10-11-12-13-14-15-17-20-23(25)26-22-19-16-18-21-24/h6-7,9-10,12-13,24H,2-5,8,11,14-22H2,1H3/b7-6-,10-9-,13-12-. The minimum Gasteiger partial charge on any atom is -0.466 e. The van der Waals surface area contributed by atoms with Crippen molar-refractivity contribution in [1.29, 1.82) is 0 Å². The third-order valence-corrected chi connectivity index (χ3v) is 4.09. The normalized spacial score (nSPS) is 11.9. The highest BCUT2D eigenvalue weighted by Gasteiger charge is 2.01. The first-order chi connectivity index (χ1) is 12.8. The molecule has 0 unspecified atom stereocenters. The van der Waals surface area contributed by atoms with Crippen molar-refractivity contribution >= 4 is 5.97 Å². The number of hydrogen-bond acceptors (Lipinski definition) is 3. The lowest BCUT2D eigenvalue weighted by atomic mass is 10.1. The molecule has 0 saturated carbocycles. The summed E-state index contributed by atoms with van der Waals surface area (Å²) in [5.41, 5.74) is 0. The van der Waals surface area contributed by atoms with E-state index in [1.165, 1.54) is 25.7 Å². The Morgan fingerprint density at radius 3 is 2.00 bits per heavy atom. The van der Waals surface area contributed by atoms with Crippen molar-refractivity contribution in [2.24, 2.45) is 0 Å². The van der Waals surface area contributed by atoms with Gasteiger partial charge in [0.2, 0.25) is 0 Å². The highest BCUT2D eigenvalue weighted by molar-refractivity contribution is 5.69. The first kappa shape index (κ1) is 24.7. The molecule has 0 aliphatic heterocycles. The zero-order valence-electron chi connectivity index (χ0n) is 16.8. The van der Waals surface area contributed by atoms with Crippen LogP contribution in [0.4, 0.5) is 0 Å². The number of carbonyl (C=O) groups excluding carboxylic acids is 1. The highest BCUT2D eigenvalue weighted by atomic mass is 16.5. The monoisotopic (exact) mass is 364 g/mol. The van der Waals surface area contributed by atoms with Crippen LogP contribution in [-0.2, 0) is 9.53 Å². The van der Waals surface area contributed by atoms with Crippen LogP contribution in [-0.4, -0.2) is 24.3 Å². The SMILES string of the molecule is CCCCC/C=C\C/C=C\C/C=C\CCCCC(=O)OCCCCCO. The van der Waals surface area contributed by atoms with Crippen molar-refractivity contribution in [2.75, 3.05) is 13.2 Å². The molecule has 0 bridgehead atoms. The van der Waals surface area contributed by atoms with E-state index in [9.17, 15) is 4.79 Å². The van der Waals surface area contributed by atoms with Gasteiger partial charge < -0.3 is 9.84 Å². The molecule has 3 heteroatoms. The second kappa shape index (κ2) is 21.7. The zero-order valence-corrected chi connectivity index (χ0v) is 16.8. The molecule has 0 radical (unpaired) electrons. The van der Waals surface area contributed by atoms with Crippen LogP contribution in [0.25, 0.3) is 0 Å². The van der Waals surface area contributed by atoms with Gasteiger partial charge in [-0.25, -0.2) is 0 Å². The Morgan fingerprint density at radius 1 is 0.769 bits per heavy atom. The molecule has 1 N–H and O–H groups in total. The van der Waals surface area contributed by atoms with Gasteiger partial charge in [0, 0.05) is 13.0 Å².